The number of nitrogens with zero attached hydrogens (tertiary/aromatic N) is 2. The van der Waals surface area contributed by atoms with E-state index in [9.17, 15) is 26.4 Å². The van der Waals surface area contributed by atoms with Crippen molar-refractivity contribution in [1.82, 2.24) is 4.31 Å². The fourth-order valence-electron chi connectivity index (χ4n) is 3.68. The van der Waals surface area contributed by atoms with E-state index in [0.717, 1.165) is 12.1 Å². The van der Waals surface area contributed by atoms with Crippen LogP contribution in [0.2, 0.25) is 0 Å². The third-order valence-electron chi connectivity index (χ3n) is 5.42. The molecule has 1 atom stereocenters. The lowest BCUT2D eigenvalue weighted by Crippen LogP contribution is -2.53. The molecule has 10 heteroatoms. The lowest BCUT2D eigenvalue weighted by molar-refractivity contribution is -0.138. The van der Waals surface area contributed by atoms with Gasteiger partial charge in [-0.05, 0) is 61.4 Å². The molecule has 0 bridgehead atoms. The number of piperazine rings is 1. The second kappa shape index (κ2) is 8.51. The molecule has 0 aromatic heterocycles. The number of anilines is 1. The fourth-order valence-corrected chi connectivity index (χ4v) is 5.24. The Morgan fingerprint density at radius 3 is 2.32 bits per heavy atom. The molecule has 1 saturated heterocycles. The molecule has 1 aliphatic heterocycles. The van der Waals surface area contributed by atoms with Crippen molar-refractivity contribution in [3.05, 3.63) is 59.2 Å². The number of sulfonamides is 1. The number of aryl methyl sites for hydroxylation is 1. The molecule has 168 valence electrons. The molecule has 6 nitrogen and oxygen atoms in total. The maximum Gasteiger partial charge on any atom is 0.416 e. The molecule has 1 aliphatic rings. The highest BCUT2D eigenvalue weighted by Gasteiger charge is 2.34. The van der Waals surface area contributed by atoms with Crippen molar-refractivity contribution in [2.45, 2.75) is 37.4 Å². The highest BCUT2D eigenvalue weighted by Crippen LogP contribution is 2.32. The van der Waals surface area contributed by atoms with Crippen LogP contribution in [0.15, 0.2) is 47.4 Å². The first-order valence-electron chi connectivity index (χ1n) is 9.65. The standard InChI is InChI=1S/C21H23F3N2O4S/c1-14-3-8-19(11-16(14)12-20(27)28)31(29,30)25-9-10-26(15(2)13-25)18-6-4-17(5-7-18)21(22,23)24/h3-8,11,15H,9-10,12-13H2,1-2H3,(H,27,28). The van der Waals surface area contributed by atoms with Gasteiger partial charge in [-0.2, -0.15) is 17.5 Å². The van der Waals surface area contributed by atoms with Crippen LogP contribution in [0.25, 0.3) is 0 Å². The third-order valence-corrected chi connectivity index (χ3v) is 7.28. The fraction of sp³-hybridized carbons (Fsp3) is 0.381. The van der Waals surface area contributed by atoms with E-state index in [0.29, 0.717) is 23.4 Å². The molecule has 2 aromatic rings. The summed E-state index contributed by atoms with van der Waals surface area (Å²) in [5, 5.41) is 9.04. The van der Waals surface area contributed by atoms with Crippen molar-refractivity contribution in [2.75, 3.05) is 24.5 Å². The smallest absolute Gasteiger partial charge is 0.416 e. The predicted octanol–water partition coefficient (Wildman–Crippen LogP) is 3.54. The number of carboxylic acids is 1. The minimum Gasteiger partial charge on any atom is -0.481 e. The van der Waals surface area contributed by atoms with Crippen LogP contribution in [-0.4, -0.2) is 49.5 Å². The first kappa shape index (κ1) is 23.1. The van der Waals surface area contributed by atoms with E-state index in [1.807, 2.05) is 11.8 Å². The second-order valence-electron chi connectivity index (χ2n) is 7.61. The molecule has 0 spiro atoms. The van der Waals surface area contributed by atoms with Crippen molar-refractivity contribution in [1.29, 1.82) is 0 Å². The average molecular weight is 456 g/mol. The molecule has 1 heterocycles. The molecule has 0 radical (unpaired) electrons. The van der Waals surface area contributed by atoms with Gasteiger partial charge in [0, 0.05) is 31.4 Å². The molecule has 2 aromatic carbocycles. The molecule has 1 N–H and O–H groups in total. The number of halogens is 3. The number of rotatable bonds is 5. The molecule has 1 unspecified atom stereocenters. The van der Waals surface area contributed by atoms with E-state index in [4.69, 9.17) is 5.11 Å². The van der Waals surface area contributed by atoms with Gasteiger partial charge in [-0.15, -0.1) is 0 Å². The maximum absolute atomic E-state index is 13.1. The minimum absolute atomic E-state index is 0.0320. The number of hydrogen-bond donors (Lipinski definition) is 1. The van der Waals surface area contributed by atoms with Crippen molar-refractivity contribution < 1.29 is 31.5 Å². The Hall–Kier alpha value is -2.59. The monoisotopic (exact) mass is 456 g/mol. The Morgan fingerprint density at radius 2 is 1.77 bits per heavy atom. The van der Waals surface area contributed by atoms with Gasteiger partial charge in [-0.1, -0.05) is 6.07 Å². The molecule has 0 saturated carbocycles. The van der Waals surface area contributed by atoms with Gasteiger partial charge in [0.15, 0.2) is 0 Å². The van der Waals surface area contributed by atoms with E-state index in [1.54, 1.807) is 13.0 Å². The van der Waals surface area contributed by atoms with Crippen LogP contribution in [-0.2, 0) is 27.4 Å². The van der Waals surface area contributed by atoms with Crippen LogP contribution in [0, 0.1) is 6.92 Å². The van der Waals surface area contributed by atoms with Gasteiger partial charge in [0.2, 0.25) is 10.0 Å². The van der Waals surface area contributed by atoms with E-state index in [1.165, 1.54) is 28.6 Å². The summed E-state index contributed by atoms with van der Waals surface area (Å²) in [5.74, 6) is -1.04. The maximum atomic E-state index is 13.1. The van der Waals surface area contributed by atoms with Crippen LogP contribution < -0.4 is 4.90 Å². The summed E-state index contributed by atoms with van der Waals surface area (Å²) >= 11 is 0. The summed E-state index contributed by atoms with van der Waals surface area (Å²) in [6.45, 7) is 4.17. The summed E-state index contributed by atoms with van der Waals surface area (Å²) < 4.78 is 65.9. The zero-order valence-corrected chi connectivity index (χ0v) is 17.9. The van der Waals surface area contributed by atoms with E-state index in [2.05, 4.69) is 0 Å². The highest BCUT2D eigenvalue weighted by atomic mass is 32.2. The Bertz CT molecular complexity index is 1070. The van der Waals surface area contributed by atoms with Gasteiger partial charge in [-0.3, -0.25) is 4.79 Å². The Morgan fingerprint density at radius 1 is 1.13 bits per heavy atom. The normalized spacial score (nSPS) is 18.2. The SMILES string of the molecule is Cc1ccc(S(=O)(=O)N2CCN(c3ccc(C(F)(F)F)cc3)C(C)C2)cc1CC(=O)O. The summed E-state index contributed by atoms with van der Waals surface area (Å²) in [6, 6.07) is 9.00. The average Bonchev–Trinajstić information content (AvgIpc) is 2.68. The summed E-state index contributed by atoms with van der Waals surface area (Å²) in [6.07, 6.45) is -4.68. The first-order chi connectivity index (χ1) is 14.4. The van der Waals surface area contributed by atoms with Gasteiger partial charge < -0.3 is 10.0 Å². The van der Waals surface area contributed by atoms with Gasteiger partial charge in [0.05, 0.1) is 16.9 Å². The number of benzene rings is 2. The Kier molecular flexibility index (Phi) is 6.33. The number of alkyl halides is 3. The quantitative estimate of drug-likeness (QED) is 0.745. The zero-order chi connectivity index (χ0) is 23.0. The van der Waals surface area contributed by atoms with Crippen LogP contribution in [0.1, 0.15) is 23.6 Å². The number of aliphatic carboxylic acids is 1. The molecular formula is C21H23F3N2O4S. The molecule has 0 amide bonds. The first-order valence-corrected chi connectivity index (χ1v) is 11.1. The molecule has 1 fully saturated rings. The van der Waals surface area contributed by atoms with Crippen molar-refractivity contribution in [3.63, 3.8) is 0 Å². The molecular weight excluding hydrogens is 433 g/mol. The summed E-state index contributed by atoms with van der Waals surface area (Å²) in [4.78, 5) is 12.9. The topological polar surface area (TPSA) is 77.9 Å². The largest absolute Gasteiger partial charge is 0.481 e. The Balaban J connectivity index is 1.78. The van der Waals surface area contributed by atoms with Gasteiger partial charge in [0.25, 0.3) is 0 Å². The lowest BCUT2D eigenvalue weighted by atomic mass is 10.1. The number of carbonyl (C=O) groups is 1. The second-order valence-corrected chi connectivity index (χ2v) is 9.55. The summed E-state index contributed by atoms with van der Waals surface area (Å²) in [7, 11) is -3.84. The van der Waals surface area contributed by atoms with Crippen molar-refractivity contribution >= 4 is 21.7 Å². The van der Waals surface area contributed by atoms with Gasteiger partial charge >= 0.3 is 12.1 Å². The zero-order valence-electron chi connectivity index (χ0n) is 17.1. The highest BCUT2D eigenvalue weighted by molar-refractivity contribution is 7.89. The van der Waals surface area contributed by atoms with Gasteiger partial charge in [-0.25, -0.2) is 8.42 Å². The third kappa shape index (κ3) is 5.01. The van der Waals surface area contributed by atoms with Crippen LogP contribution in [0.4, 0.5) is 18.9 Å². The van der Waals surface area contributed by atoms with Crippen LogP contribution >= 0.6 is 0 Å². The lowest BCUT2D eigenvalue weighted by Gasteiger charge is -2.40. The number of hydrogen-bond acceptors (Lipinski definition) is 4. The minimum atomic E-state index is -4.41. The van der Waals surface area contributed by atoms with Crippen molar-refractivity contribution in [2.24, 2.45) is 0 Å². The summed E-state index contributed by atoms with van der Waals surface area (Å²) in [5.41, 5.74) is 0.991. The van der Waals surface area contributed by atoms with Crippen LogP contribution in [0.3, 0.4) is 0 Å². The van der Waals surface area contributed by atoms with Crippen molar-refractivity contribution in [3.8, 4) is 0 Å². The Labute approximate surface area is 178 Å². The van der Waals surface area contributed by atoms with E-state index < -0.39 is 27.7 Å². The predicted molar refractivity (Wildman–Crippen MR) is 110 cm³/mol. The van der Waals surface area contributed by atoms with E-state index in [-0.39, 0.29) is 30.4 Å². The molecule has 31 heavy (non-hydrogen) atoms. The van der Waals surface area contributed by atoms with Crippen LogP contribution in [0.5, 0.6) is 0 Å². The molecule has 0 aliphatic carbocycles. The van der Waals surface area contributed by atoms with E-state index >= 15 is 0 Å². The van der Waals surface area contributed by atoms with Gasteiger partial charge in [0.1, 0.15) is 0 Å². The molecule has 3 rings (SSSR count). The number of carboxylic acid groups (broad SMARTS) is 1.